The van der Waals surface area contributed by atoms with Crippen LogP contribution in [-0.2, 0) is 9.53 Å². The number of aliphatic carboxylic acids is 1. The number of carboxylic acids is 1. The molecule has 1 aliphatic heterocycles. The minimum atomic E-state index is -1.14. The van der Waals surface area contributed by atoms with Crippen LogP contribution in [0.2, 0.25) is 0 Å². The Balaban J connectivity index is 1.99. The highest BCUT2D eigenvalue weighted by Crippen LogP contribution is 2.56. The lowest BCUT2D eigenvalue weighted by molar-refractivity contribution is -0.299. The van der Waals surface area contributed by atoms with E-state index in [2.05, 4.69) is 6.58 Å². The van der Waals surface area contributed by atoms with Crippen LogP contribution in [0.15, 0.2) is 12.2 Å². The van der Waals surface area contributed by atoms with Crippen molar-refractivity contribution in [2.75, 3.05) is 0 Å². The molecule has 0 spiro atoms. The molecule has 0 aromatic heterocycles. The minimum Gasteiger partial charge on any atom is -0.545 e. The lowest BCUT2D eigenvalue weighted by Gasteiger charge is -2.06. The van der Waals surface area contributed by atoms with Gasteiger partial charge in [0, 0.05) is 5.92 Å². The van der Waals surface area contributed by atoms with Crippen LogP contribution < -0.4 is 5.11 Å². The summed E-state index contributed by atoms with van der Waals surface area (Å²) in [6, 6.07) is 0. The summed E-state index contributed by atoms with van der Waals surface area (Å²) in [4.78, 5) is 10.1. The average molecular weight is 125 g/mol. The SMILES string of the molecule is C=C(C(=O)[O-])C1C2OC21. The van der Waals surface area contributed by atoms with Crippen LogP contribution in [0.5, 0.6) is 0 Å². The van der Waals surface area contributed by atoms with Gasteiger partial charge >= 0.3 is 0 Å². The Morgan fingerprint density at radius 2 is 2.11 bits per heavy atom. The zero-order valence-electron chi connectivity index (χ0n) is 4.66. The molecule has 2 unspecified atom stereocenters. The first kappa shape index (κ1) is 4.99. The maximum absolute atomic E-state index is 10.1. The molecule has 2 rings (SSSR count). The molecular weight excluding hydrogens is 120 g/mol. The molecule has 1 heterocycles. The van der Waals surface area contributed by atoms with Crippen LogP contribution in [-0.4, -0.2) is 18.2 Å². The van der Waals surface area contributed by atoms with Gasteiger partial charge in [-0.05, 0) is 5.57 Å². The number of ether oxygens (including phenoxy) is 1. The first-order valence-corrected chi connectivity index (χ1v) is 2.77. The molecule has 0 radical (unpaired) electrons. The van der Waals surface area contributed by atoms with Crippen molar-refractivity contribution in [3.63, 3.8) is 0 Å². The lowest BCUT2D eigenvalue weighted by atomic mass is 10.2. The van der Waals surface area contributed by atoms with E-state index in [4.69, 9.17) is 4.74 Å². The fourth-order valence-electron chi connectivity index (χ4n) is 1.01. The largest absolute Gasteiger partial charge is 0.545 e. The Morgan fingerprint density at radius 3 is 2.22 bits per heavy atom. The number of epoxide rings is 1. The molecule has 2 aliphatic rings. The van der Waals surface area contributed by atoms with Crippen molar-refractivity contribution in [1.29, 1.82) is 0 Å². The van der Waals surface area contributed by atoms with Gasteiger partial charge in [0.2, 0.25) is 0 Å². The summed E-state index contributed by atoms with van der Waals surface area (Å²) in [5.74, 6) is -1.06. The highest BCUT2D eigenvalue weighted by molar-refractivity contribution is 5.86. The molecular formula is C6H5O3-. The van der Waals surface area contributed by atoms with Gasteiger partial charge in [0.1, 0.15) is 0 Å². The quantitative estimate of drug-likeness (QED) is 0.340. The summed E-state index contributed by atoms with van der Waals surface area (Å²) in [6.07, 6.45) is 0.353. The molecule has 9 heavy (non-hydrogen) atoms. The third-order valence-electron chi connectivity index (χ3n) is 1.79. The number of rotatable bonds is 2. The van der Waals surface area contributed by atoms with E-state index in [9.17, 15) is 9.90 Å². The number of carbonyl (C=O) groups is 1. The van der Waals surface area contributed by atoms with Gasteiger partial charge in [-0.15, -0.1) is 0 Å². The number of hydrogen-bond acceptors (Lipinski definition) is 3. The lowest BCUT2D eigenvalue weighted by Crippen LogP contribution is -2.26. The van der Waals surface area contributed by atoms with Crippen molar-refractivity contribution in [2.24, 2.45) is 5.92 Å². The van der Waals surface area contributed by atoms with Crippen molar-refractivity contribution < 1.29 is 14.6 Å². The fraction of sp³-hybridized carbons (Fsp3) is 0.500. The molecule has 1 saturated heterocycles. The third-order valence-corrected chi connectivity index (χ3v) is 1.79. The second-order valence-corrected chi connectivity index (χ2v) is 2.40. The maximum atomic E-state index is 10.1. The van der Waals surface area contributed by atoms with E-state index >= 15 is 0 Å². The minimum absolute atomic E-state index is 0.0787. The van der Waals surface area contributed by atoms with Gasteiger partial charge in [-0.2, -0.15) is 0 Å². The van der Waals surface area contributed by atoms with Crippen LogP contribution in [0.3, 0.4) is 0 Å². The van der Waals surface area contributed by atoms with Crippen LogP contribution in [0.4, 0.5) is 0 Å². The number of carboxylic acid groups (broad SMARTS) is 1. The van der Waals surface area contributed by atoms with Crippen molar-refractivity contribution in [3.05, 3.63) is 12.2 Å². The van der Waals surface area contributed by atoms with E-state index in [1.165, 1.54) is 0 Å². The molecule has 48 valence electrons. The summed E-state index contributed by atoms with van der Waals surface area (Å²) in [5.41, 5.74) is 0.191. The molecule has 3 heteroatoms. The van der Waals surface area contributed by atoms with Crippen LogP contribution in [0, 0.1) is 5.92 Å². The van der Waals surface area contributed by atoms with Gasteiger partial charge in [0.05, 0.1) is 18.2 Å². The Labute approximate surface area is 51.9 Å². The highest BCUT2D eigenvalue weighted by Gasteiger charge is 2.68. The predicted octanol–water partition coefficient (Wildman–Crippen LogP) is -1.31. The zero-order valence-corrected chi connectivity index (χ0v) is 4.66. The van der Waals surface area contributed by atoms with Crippen LogP contribution >= 0.6 is 0 Å². The maximum Gasteiger partial charge on any atom is 0.0944 e. The summed E-state index contributed by atoms with van der Waals surface area (Å²) in [5, 5.41) is 10.1. The van der Waals surface area contributed by atoms with E-state index in [1.807, 2.05) is 0 Å². The summed E-state index contributed by atoms with van der Waals surface area (Å²) in [7, 11) is 0. The summed E-state index contributed by atoms with van der Waals surface area (Å²) in [6.45, 7) is 3.36. The molecule has 2 atom stereocenters. The number of hydrogen-bond donors (Lipinski definition) is 0. The average Bonchev–Trinajstić information content (AvgIpc) is 2.46. The molecule has 0 aromatic carbocycles. The first-order chi connectivity index (χ1) is 4.22. The van der Waals surface area contributed by atoms with Gasteiger partial charge in [-0.3, -0.25) is 0 Å². The second-order valence-electron chi connectivity index (χ2n) is 2.40. The third kappa shape index (κ3) is 0.522. The van der Waals surface area contributed by atoms with E-state index in [-0.39, 0.29) is 23.7 Å². The Bertz CT molecular complexity index is 188. The molecule has 3 nitrogen and oxygen atoms in total. The van der Waals surface area contributed by atoms with Crippen LogP contribution in [0.25, 0.3) is 0 Å². The van der Waals surface area contributed by atoms with Crippen LogP contribution in [0.1, 0.15) is 0 Å². The van der Waals surface area contributed by atoms with Crippen molar-refractivity contribution in [2.45, 2.75) is 12.2 Å². The predicted molar refractivity (Wildman–Crippen MR) is 26.3 cm³/mol. The van der Waals surface area contributed by atoms with E-state index < -0.39 is 5.97 Å². The molecule has 0 amide bonds. The van der Waals surface area contributed by atoms with Gasteiger partial charge < -0.3 is 14.6 Å². The number of carbonyl (C=O) groups excluding carboxylic acids is 1. The van der Waals surface area contributed by atoms with Gasteiger partial charge in [-0.1, -0.05) is 6.58 Å². The van der Waals surface area contributed by atoms with Crippen molar-refractivity contribution in [1.82, 2.24) is 0 Å². The molecule has 0 aromatic rings. The second kappa shape index (κ2) is 1.19. The molecule has 1 aliphatic carbocycles. The molecule has 2 fully saturated rings. The monoisotopic (exact) mass is 125 g/mol. The first-order valence-electron chi connectivity index (χ1n) is 2.77. The van der Waals surface area contributed by atoms with Crippen molar-refractivity contribution >= 4 is 5.97 Å². The summed E-state index contributed by atoms with van der Waals surface area (Å²) < 4.78 is 4.84. The van der Waals surface area contributed by atoms with Gasteiger partial charge in [0.15, 0.2) is 0 Å². The normalized spacial score (nSPS) is 43.3. The Morgan fingerprint density at radius 1 is 1.56 bits per heavy atom. The molecule has 1 saturated carbocycles. The Kier molecular flexibility index (Phi) is 0.658. The van der Waals surface area contributed by atoms with E-state index in [0.717, 1.165) is 0 Å². The van der Waals surface area contributed by atoms with Crippen molar-refractivity contribution in [3.8, 4) is 0 Å². The smallest absolute Gasteiger partial charge is 0.0944 e. The molecule has 0 N–H and O–H groups in total. The fourth-order valence-corrected chi connectivity index (χ4v) is 1.01. The summed E-state index contributed by atoms with van der Waals surface area (Å²) >= 11 is 0. The standard InChI is InChI=1S/C6H6O3/c1-2(6(7)8)3-4-5(3)9-4/h3-5H,1H2,(H,7,8)/p-1. The van der Waals surface area contributed by atoms with Gasteiger partial charge in [0.25, 0.3) is 0 Å². The zero-order chi connectivity index (χ0) is 6.59. The van der Waals surface area contributed by atoms with E-state index in [1.54, 1.807) is 0 Å². The van der Waals surface area contributed by atoms with Gasteiger partial charge in [-0.25, -0.2) is 0 Å². The molecule has 0 bridgehead atoms. The Hall–Kier alpha value is -0.830. The highest BCUT2D eigenvalue weighted by atomic mass is 16.6. The van der Waals surface area contributed by atoms with E-state index in [0.29, 0.717) is 0 Å². The topological polar surface area (TPSA) is 52.7 Å². The number of fused-ring (bicyclic) bond motifs is 1.